The molecular weight excluding hydrogens is 252 g/mol. The van der Waals surface area contributed by atoms with Gasteiger partial charge in [0.15, 0.2) is 0 Å². The van der Waals surface area contributed by atoms with Crippen LogP contribution in [-0.2, 0) is 6.54 Å². The SMILES string of the molecule is Cc1nnc(NC(=O)N[C@@H](C)Cn2cccn2)s1. The summed E-state index contributed by atoms with van der Waals surface area (Å²) in [6.07, 6.45) is 3.56. The Morgan fingerprint density at radius 2 is 2.39 bits per heavy atom. The third-order valence-corrected chi connectivity index (χ3v) is 2.90. The summed E-state index contributed by atoms with van der Waals surface area (Å²) in [7, 11) is 0. The maximum atomic E-state index is 11.6. The van der Waals surface area contributed by atoms with Gasteiger partial charge in [-0.05, 0) is 19.9 Å². The maximum Gasteiger partial charge on any atom is 0.321 e. The monoisotopic (exact) mass is 266 g/mol. The molecular formula is C10H14N6OS. The molecule has 2 aromatic heterocycles. The largest absolute Gasteiger partial charge is 0.333 e. The Balaban J connectivity index is 1.80. The van der Waals surface area contributed by atoms with Crippen LogP contribution in [0.4, 0.5) is 9.93 Å². The second-order valence-corrected chi connectivity index (χ2v) is 5.04. The predicted molar refractivity (Wildman–Crippen MR) is 68.5 cm³/mol. The van der Waals surface area contributed by atoms with E-state index in [0.29, 0.717) is 11.7 Å². The highest BCUT2D eigenvalue weighted by atomic mass is 32.1. The molecule has 8 heteroatoms. The van der Waals surface area contributed by atoms with Gasteiger partial charge >= 0.3 is 6.03 Å². The normalized spacial score (nSPS) is 12.1. The highest BCUT2D eigenvalue weighted by Gasteiger charge is 2.10. The van der Waals surface area contributed by atoms with E-state index in [1.807, 2.05) is 26.1 Å². The Kier molecular flexibility index (Phi) is 3.88. The van der Waals surface area contributed by atoms with Gasteiger partial charge in [0.25, 0.3) is 0 Å². The van der Waals surface area contributed by atoms with Crippen molar-refractivity contribution in [1.29, 1.82) is 0 Å². The molecule has 2 amide bonds. The lowest BCUT2D eigenvalue weighted by molar-refractivity contribution is 0.247. The second kappa shape index (κ2) is 5.58. The molecule has 0 aliphatic carbocycles. The zero-order valence-corrected chi connectivity index (χ0v) is 10.9. The molecule has 2 aromatic rings. The van der Waals surface area contributed by atoms with Gasteiger partial charge < -0.3 is 5.32 Å². The van der Waals surface area contributed by atoms with Crippen molar-refractivity contribution in [2.24, 2.45) is 0 Å². The minimum absolute atomic E-state index is 0.0288. The summed E-state index contributed by atoms with van der Waals surface area (Å²) in [6, 6.07) is 1.53. The first-order valence-corrected chi connectivity index (χ1v) is 6.30. The molecule has 0 saturated carbocycles. The molecule has 0 aliphatic heterocycles. The van der Waals surface area contributed by atoms with Crippen LogP contribution in [0.15, 0.2) is 18.5 Å². The molecule has 1 atom stereocenters. The van der Waals surface area contributed by atoms with E-state index in [9.17, 15) is 4.79 Å². The van der Waals surface area contributed by atoms with Crippen LogP contribution in [0.25, 0.3) is 0 Å². The van der Waals surface area contributed by atoms with E-state index in [1.54, 1.807) is 10.9 Å². The average Bonchev–Trinajstić information content (AvgIpc) is 2.90. The smallest absolute Gasteiger partial charge is 0.321 e. The van der Waals surface area contributed by atoms with E-state index in [4.69, 9.17) is 0 Å². The molecule has 96 valence electrons. The van der Waals surface area contributed by atoms with Crippen LogP contribution in [0, 0.1) is 6.92 Å². The van der Waals surface area contributed by atoms with Gasteiger partial charge in [0.05, 0.1) is 6.54 Å². The third-order valence-electron chi connectivity index (χ3n) is 2.14. The van der Waals surface area contributed by atoms with Crippen molar-refractivity contribution in [3.63, 3.8) is 0 Å². The number of anilines is 1. The Bertz CT molecular complexity index is 508. The first-order valence-electron chi connectivity index (χ1n) is 5.48. The minimum atomic E-state index is -0.286. The Hall–Kier alpha value is -1.96. The minimum Gasteiger partial charge on any atom is -0.333 e. The number of aromatic nitrogens is 4. The predicted octanol–water partition coefficient (Wildman–Crippen LogP) is 1.25. The fourth-order valence-corrected chi connectivity index (χ4v) is 2.03. The van der Waals surface area contributed by atoms with Crippen molar-refractivity contribution in [1.82, 2.24) is 25.3 Å². The number of nitrogens with one attached hydrogen (secondary N) is 2. The fraction of sp³-hybridized carbons (Fsp3) is 0.400. The number of urea groups is 1. The van der Waals surface area contributed by atoms with Crippen LogP contribution in [0.3, 0.4) is 0 Å². The number of rotatable bonds is 4. The summed E-state index contributed by atoms with van der Waals surface area (Å²) >= 11 is 1.34. The summed E-state index contributed by atoms with van der Waals surface area (Å²) in [6.45, 7) is 4.36. The lowest BCUT2D eigenvalue weighted by Gasteiger charge is -2.13. The molecule has 0 aliphatic rings. The van der Waals surface area contributed by atoms with Crippen molar-refractivity contribution in [3.05, 3.63) is 23.5 Å². The van der Waals surface area contributed by atoms with E-state index in [0.717, 1.165) is 5.01 Å². The second-order valence-electron chi connectivity index (χ2n) is 3.85. The van der Waals surface area contributed by atoms with E-state index < -0.39 is 0 Å². The topological polar surface area (TPSA) is 84.7 Å². The highest BCUT2D eigenvalue weighted by molar-refractivity contribution is 7.15. The standard InChI is InChI=1S/C10H14N6OS/c1-7(6-16-5-3-4-11-16)12-9(17)13-10-15-14-8(2)18-10/h3-5,7H,6H2,1-2H3,(H2,12,13,15,17)/t7-/m0/s1. The molecule has 0 fully saturated rings. The molecule has 0 bridgehead atoms. The van der Waals surface area contributed by atoms with Crippen LogP contribution in [0.1, 0.15) is 11.9 Å². The van der Waals surface area contributed by atoms with Gasteiger partial charge in [-0.3, -0.25) is 10.00 Å². The Morgan fingerprint density at radius 3 is 3.00 bits per heavy atom. The van der Waals surface area contributed by atoms with E-state index in [-0.39, 0.29) is 12.1 Å². The van der Waals surface area contributed by atoms with Crippen LogP contribution in [0.2, 0.25) is 0 Å². The van der Waals surface area contributed by atoms with Gasteiger partial charge in [0.1, 0.15) is 5.01 Å². The van der Waals surface area contributed by atoms with Gasteiger partial charge in [-0.25, -0.2) is 4.79 Å². The van der Waals surface area contributed by atoms with Gasteiger partial charge in [0, 0.05) is 18.4 Å². The first-order chi connectivity index (χ1) is 8.63. The zero-order valence-electron chi connectivity index (χ0n) is 10.1. The summed E-state index contributed by atoms with van der Waals surface area (Å²) in [5.41, 5.74) is 0. The highest BCUT2D eigenvalue weighted by Crippen LogP contribution is 2.13. The van der Waals surface area contributed by atoms with Crippen molar-refractivity contribution in [2.75, 3.05) is 5.32 Å². The molecule has 0 spiro atoms. The number of hydrogen-bond donors (Lipinski definition) is 2. The summed E-state index contributed by atoms with van der Waals surface area (Å²) < 4.78 is 1.76. The van der Waals surface area contributed by atoms with Crippen molar-refractivity contribution in [3.8, 4) is 0 Å². The molecule has 0 aromatic carbocycles. The van der Waals surface area contributed by atoms with Crippen LogP contribution in [0.5, 0.6) is 0 Å². The van der Waals surface area contributed by atoms with Crippen LogP contribution in [-0.4, -0.2) is 32.1 Å². The maximum absolute atomic E-state index is 11.6. The van der Waals surface area contributed by atoms with Gasteiger partial charge in [-0.2, -0.15) is 5.10 Å². The molecule has 0 saturated heterocycles. The van der Waals surface area contributed by atoms with Crippen molar-refractivity contribution >= 4 is 22.5 Å². The number of carbonyl (C=O) groups excluding carboxylic acids is 1. The molecule has 7 nitrogen and oxygen atoms in total. The Labute approximate surface area is 108 Å². The number of carbonyl (C=O) groups is 1. The van der Waals surface area contributed by atoms with E-state index in [1.165, 1.54) is 11.3 Å². The molecule has 2 rings (SSSR count). The van der Waals surface area contributed by atoms with Gasteiger partial charge in [-0.15, -0.1) is 10.2 Å². The average molecular weight is 266 g/mol. The number of amides is 2. The Morgan fingerprint density at radius 1 is 1.56 bits per heavy atom. The van der Waals surface area contributed by atoms with Crippen LogP contribution >= 0.6 is 11.3 Å². The van der Waals surface area contributed by atoms with Crippen molar-refractivity contribution < 1.29 is 4.79 Å². The van der Waals surface area contributed by atoms with E-state index >= 15 is 0 Å². The zero-order chi connectivity index (χ0) is 13.0. The quantitative estimate of drug-likeness (QED) is 0.872. The van der Waals surface area contributed by atoms with Crippen LogP contribution < -0.4 is 10.6 Å². The number of aryl methyl sites for hydroxylation is 1. The molecule has 0 unspecified atom stereocenters. The third kappa shape index (κ3) is 3.52. The molecule has 2 N–H and O–H groups in total. The summed E-state index contributed by atoms with van der Waals surface area (Å²) in [5.74, 6) is 0. The van der Waals surface area contributed by atoms with E-state index in [2.05, 4.69) is 25.9 Å². The van der Waals surface area contributed by atoms with Gasteiger partial charge in [-0.1, -0.05) is 11.3 Å². The van der Waals surface area contributed by atoms with Crippen molar-refractivity contribution in [2.45, 2.75) is 26.4 Å². The fourth-order valence-electron chi connectivity index (χ4n) is 1.44. The molecule has 18 heavy (non-hydrogen) atoms. The first kappa shape index (κ1) is 12.5. The van der Waals surface area contributed by atoms with Gasteiger partial charge in [0.2, 0.25) is 5.13 Å². The lowest BCUT2D eigenvalue weighted by Crippen LogP contribution is -2.38. The number of hydrogen-bond acceptors (Lipinski definition) is 5. The summed E-state index contributed by atoms with van der Waals surface area (Å²) in [5, 5.41) is 18.5. The number of nitrogens with zero attached hydrogens (tertiary/aromatic N) is 4. The lowest BCUT2D eigenvalue weighted by atomic mass is 10.3. The molecule has 2 heterocycles. The summed E-state index contributed by atoms with van der Waals surface area (Å²) in [4.78, 5) is 11.6. The molecule has 0 radical (unpaired) electrons.